The van der Waals surface area contributed by atoms with Crippen molar-refractivity contribution in [1.82, 2.24) is 0 Å². The summed E-state index contributed by atoms with van der Waals surface area (Å²) in [5.74, 6) is 1.14. The van der Waals surface area contributed by atoms with Crippen molar-refractivity contribution in [1.29, 1.82) is 0 Å². The van der Waals surface area contributed by atoms with Gasteiger partial charge in [0.2, 0.25) is 0 Å². The van der Waals surface area contributed by atoms with E-state index in [4.69, 9.17) is 0 Å². The summed E-state index contributed by atoms with van der Waals surface area (Å²) in [7, 11) is 0. The van der Waals surface area contributed by atoms with Crippen LogP contribution in [0, 0.1) is 5.92 Å². The van der Waals surface area contributed by atoms with Crippen LogP contribution < -0.4 is 4.74 Å². The van der Waals surface area contributed by atoms with Crippen LogP contribution in [-0.4, -0.2) is 6.11 Å². The van der Waals surface area contributed by atoms with Gasteiger partial charge in [-0.05, 0) is 55.2 Å². The maximum Gasteiger partial charge on any atom is 0.425 e. The van der Waals surface area contributed by atoms with E-state index in [2.05, 4.69) is 11.7 Å². The smallest absolute Gasteiger partial charge is 0.425 e. The molecule has 1 fully saturated rings. The van der Waals surface area contributed by atoms with E-state index in [1.807, 2.05) is 0 Å². The van der Waals surface area contributed by atoms with Crippen LogP contribution in [0.3, 0.4) is 0 Å². The van der Waals surface area contributed by atoms with Crippen molar-refractivity contribution < 1.29 is 22.3 Å². The fraction of sp³-hybridized carbons (Fsp3) is 0.556. The highest BCUT2D eigenvalue weighted by molar-refractivity contribution is 5.30. The van der Waals surface area contributed by atoms with Gasteiger partial charge in [0.25, 0.3) is 6.08 Å². The van der Waals surface area contributed by atoms with Crippen LogP contribution in [0.25, 0.3) is 0 Å². The van der Waals surface area contributed by atoms with E-state index < -0.39 is 18.3 Å². The van der Waals surface area contributed by atoms with Crippen LogP contribution in [0.1, 0.15) is 56.9 Å². The molecule has 2 rings (SSSR count). The van der Waals surface area contributed by atoms with Gasteiger partial charge in [-0.3, -0.25) is 0 Å². The molecule has 0 amide bonds. The third-order valence-corrected chi connectivity index (χ3v) is 4.43. The van der Waals surface area contributed by atoms with Crippen molar-refractivity contribution in [2.45, 2.75) is 57.5 Å². The Morgan fingerprint density at radius 1 is 1.13 bits per heavy atom. The maximum absolute atomic E-state index is 13.2. The van der Waals surface area contributed by atoms with Gasteiger partial charge in [0.05, 0.1) is 6.08 Å². The summed E-state index contributed by atoms with van der Waals surface area (Å²) < 4.78 is 54.5. The first kappa shape index (κ1) is 17.8. The van der Waals surface area contributed by atoms with Crippen molar-refractivity contribution in [2.24, 2.45) is 5.92 Å². The van der Waals surface area contributed by atoms with E-state index in [1.54, 1.807) is 12.1 Å². The third-order valence-electron chi connectivity index (χ3n) is 4.43. The topological polar surface area (TPSA) is 9.23 Å². The van der Waals surface area contributed by atoms with Crippen LogP contribution >= 0.6 is 0 Å². The lowest BCUT2D eigenvalue weighted by molar-refractivity contribution is -0.133. The number of hydrogen-bond acceptors (Lipinski definition) is 1. The van der Waals surface area contributed by atoms with Crippen LogP contribution in [0.5, 0.6) is 5.75 Å². The Kier molecular flexibility index (Phi) is 6.08. The average Bonchev–Trinajstić information content (AvgIpc) is 2.47. The van der Waals surface area contributed by atoms with Crippen molar-refractivity contribution in [3.05, 3.63) is 42.0 Å². The Bertz CT molecular complexity index is 512. The Hall–Kier alpha value is -1.52. The molecule has 0 atom stereocenters. The van der Waals surface area contributed by atoms with Crippen molar-refractivity contribution >= 4 is 0 Å². The Labute approximate surface area is 134 Å². The minimum absolute atomic E-state index is 0.115. The highest BCUT2D eigenvalue weighted by Crippen LogP contribution is 2.38. The zero-order chi connectivity index (χ0) is 16.9. The standard InChI is InChI=1S/C18H22F4O/c1-2-3-13-4-6-14(7-5-13)15-8-10-16(11-9-15)23-18(21,22)12-17(19)20/h8-14H,2-7H2,1H3. The van der Waals surface area contributed by atoms with E-state index in [9.17, 15) is 17.6 Å². The van der Waals surface area contributed by atoms with E-state index in [0.29, 0.717) is 5.92 Å². The van der Waals surface area contributed by atoms with Crippen molar-refractivity contribution in [3.63, 3.8) is 0 Å². The maximum atomic E-state index is 13.2. The van der Waals surface area contributed by atoms with Crippen LogP contribution in [0.2, 0.25) is 0 Å². The fourth-order valence-electron chi connectivity index (χ4n) is 3.31. The SMILES string of the molecule is CCCC1CCC(c2ccc(OC(F)(F)C=C(F)F)cc2)CC1. The molecule has 1 nitrogen and oxygen atoms in total. The Balaban J connectivity index is 1.94. The van der Waals surface area contributed by atoms with Crippen LogP contribution in [0.15, 0.2) is 36.4 Å². The van der Waals surface area contributed by atoms with Crippen molar-refractivity contribution in [3.8, 4) is 5.75 Å². The minimum Gasteiger partial charge on any atom is -0.429 e. The third kappa shape index (κ3) is 5.56. The lowest BCUT2D eigenvalue weighted by Gasteiger charge is -2.28. The molecule has 0 saturated heterocycles. The summed E-state index contributed by atoms with van der Waals surface area (Å²) >= 11 is 0. The summed E-state index contributed by atoms with van der Waals surface area (Å²) in [6.07, 6.45) is 0.152. The number of rotatable bonds is 6. The second kappa shape index (κ2) is 7.84. The van der Waals surface area contributed by atoms with Gasteiger partial charge in [-0.25, -0.2) is 0 Å². The molecule has 0 unspecified atom stereocenters. The number of halogens is 4. The molecule has 0 bridgehead atoms. The first-order chi connectivity index (χ1) is 10.9. The molecular weight excluding hydrogens is 308 g/mol. The second-order valence-electron chi connectivity index (χ2n) is 6.17. The summed E-state index contributed by atoms with van der Waals surface area (Å²) in [6.45, 7) is 2.20. The second-order valence-corrected chi connectivity index (χ2v) is 6.17. The minimum atomic E-state index is -4.00. The molecule has 128 valence electrons. The lowest BCUT2D eigenvalue weighted by atomic mass is 9.77. The zero-order valence-electron chi connectivity index (χ0n) is 13.2. The molecular formula is C18H22F4O. The lowest BCUT2D eigenvalue weighted by Crippen LogP contribution is -2.21. The number of hydrogen-bond donors (Lipinski definition) is 0. The molecule has 1 aliphatic rings. The van der Waals surface area contributed by atoms with E-state index in [0.717, 1.165) is 24.3 Å². The first-order valence-electron chi connectivity index (χ1n) is 8.10. The molecule has 1 aliphatic carbocycles. The molecule has 0 aromatic heterocycles. The molecule has 0 heterocycles. The highest BCUT2D eigenvalue weighted by atomic mass is 19.3. The molecule has 23 heavy (non-hydrogen) atoms. The van der Waals surface area contributed by atoms with Gasteiger partial charge in [0.15, 0.2) is 0 Å². The van der Waals surface area contributed by atoms with Gasteiger partial charge in [0.1, 0.15) is 5.75 Å². The fourth-order valence-corrected chi connectivity index (χ4v) is 3.31. The normalized spacial score (nSPS) is 21.8. The molecule has 0 radical (unpaired) electrons. The largest absolute Gasteiger partial charge is 0.429 e. The van der Waals surface area contributed by atoms with Crippen LogP contribution in [0.4, 0.5) is 17.6 Å². The van der Waals surface area contributed by atoms with Gasteiger partial charge in [-0.15, -0.1) is 0 Å². The number of alkyl halides is 2. The Morgan fingerprint density at radius 2 is 1.74 bits per heavy atom. The van der Waals surface area contributed by atoms with E-state index in [1.165, 1.54) is 37.8 Å². The molecule has 1 aromatic carbocycles. The van der Waals surface area contributed by atoms with Crippen molar-refractivity contribution in [2.75, 3.05) is 0 Å². The van der Waals surface area contributed by atoms with E-state index >= 15 is 0 Å². The van der Waals surface area contributed by atoms with Gasteiger partial charge >= 0.3 is 6.11 Å². The van der Waals surface area contributed by atoms with Gasteiger partial charge in [0, 0.05) is 0 Å². The molecule has 0 N–H and O–H groups in total. The van der Waals surface area contributed by atoms with E-state index in [-0.39, 0.29) is 5.75 Å². The first-order valence-corrected chi connectivity index (χ1v) is 8.10. The summed E-state index contributed by atoms with van der Waals surface area (Å²) in [6, 6.07) is 6.36. The predicted octanol–water partition coefficient (Wildman–Crippen LogP) is 6.51. The van der Waals surface area contributed by atoms with Gasteiger partial charge in [-0.1, -0.05) is 31.9 Å². The van der Waals surface area contributed by atoms with Gasteiger partial charge in [-0.2, -0.15) is 17.6 Å². The molecule has 1 saturated carbocycles. The summed E-state index contributed by atoms with van der Waals surface area (Å²) in [4.78, 5) is 0. The van der Waals surface area contributed by atoms with Gasteiger partial charge < -0.3 is 4.74 Å². The Morgan fingerprint density at radius 3 is 2.26 bits per heavy atom. The summed E-state index contributed by atoms with van der Waals surface area (Å²) in [5, 5.41) is 0. The molecule has 0 aliphatic heterocycles. The molecule has 1 aromatic rings. The predicted molar refractivity (Wildman–Crippen MR) is 81.9 cm³/mol. The summed E-state index contributed by atoms with van der Waals surface area (Å²) in [5.41, 5.74) is 1.10. The van der Waals surface area contributed by atoms with Crippen LogP contribution in [-0.2, 0) is 0 Å². The monoisotopic (exact) mass is 330 g/mol. The molecule has 0 spiro atoms. The average molecular weight is 330 g/mol. The number of ether oxygens (including phenoxy) is 1. The highest BCUT2D eigenvalue weighted by Gasteiger charge is 2.30. The molecule has 5 heteroatoms. The number of benzene rings is 1. The quantitative estimate of drug-likeness (QED) is 0.540. The zero-order valence-corrected chi connectivity index (χ0v) is 13.2.